The second-order valence-corrected chi connectivity index (χ2v) is 4.83. The van der Waals surface area contributed by atoms with Crippen LogP contribution in [0.3, 0.4) is 0 Å². The normalized spacial score (nSPS) is 10.6. The van der Waals surface area contributed by atoms with E-state index in [0.717, 1.165) is 0 Å². The number of rotatable bonds is 5. The summed E-state index contributed by atoms with van der Waals surface area (Å²) in [4.78, 5) is 40.3. The molecule has 0 aliphatic carbocycles. The van der Waals surface area contributed by atoms with Crippen LogP contribution in [0, 0.1) is 0 Å². The van der Waals surface area contributed by atoms with Gasteiger partial charge in [-0.2, -0.15) is 0 Å². The lowest BCUT2D eigenvalue weighted by Gasteiger charge is -2.17. The molecule has 0 radical (unpaired) electrons. The number of likely N-dealkylation sites (N-methyl/N-ethyl adjacent to an activating group) is 1. The molecule has 0 saturated heterocycles. The largest absolute Gasteiger partial charge is 0.360 e. The van der Waals surface area contributed by atoms with Crippen LogP contribution in [0.2, 0.25) is 0 Å². The Morgan fingerprint density at radius 1 is 1.14 bits per heavy atom. The molecule has 1 aromatic heterocycles. The summed E-state index contributed by atoms with van der Waals surface area (Å²) >= 11 is 0. The van der Waals surface area contributed by atoms with E-state index in [1.165, 1.54) is 18.0 Å². The number of hydrogen-bond acceptors (Lipinski definition) is 3. The number of fused-ring (bicyclic) bond motifs is 1. The van der Waals surface area contributed by atoms with Crippen molar-refractivity contribution in [3.63, 3.8) is 0 Å². The second-order valence-electron chi connectivity index (χ2n) is 4.83. The zero-order chi connectivity index (χ0) is 15.6. The molecular formula is C16H18N2O3. The zero-order valence-corrected chi connectivity index (χ0v) is 12.4. The number of nitrogens with one attached hydrogen (secondary N) is 1. The van der Waals surface area contributed by atoms with Gasteiger partial charge in [0.05, 0.1) is 5.56 Å². The Labute approximate surface area is 122 Å². The highest BCUT2D eigenvalue weighted by Crippen LogP contribution is 2.21. The van der Waals surface area contributed by atoms with Gasteiger partial charge in [0.1, 0.15) is 0 Å². The third-order valence-corrected chi connectivity index (χ3v) is 3.58. The molecule has 1 N–H and O–H groups in total. The number of H-pyrrole nitrogens is 1. The first-order valence-corrected chi connectivity index (χ1v) is 6.95. The van der Waals surface area contributed by atoms with Gasteiger partial charge in [0.25, 0.3) is 11.7 Å². The molecule has 2 rings (SSSR count). The van der Waals surface area contributed by atoms with E-state index in [1.54, 1.807) is 18.2 Å². The molecule has 0 atom stereocenters. The number of hydrogen-bond donors (Lipinski definition) is 1. The lowest BCUT2D eigenvalue weighted by atomic mass is 10.1. The summed E-state index contributed by atoms with van der Waals surface area (Å²) in [5, 5.41) is 0.658. The van der Waals surface area contributed by atoms with E-state index in [4.69, 9.17) is 0 Å². The lowest BCUT2D eigenvalue weighted by molar-refractivity contribution is -0.126. The molecule has 1 aromatic carbocycles. The number of Topliss-reactive ketones (excluding diaryl/α,β-unsaturated/α-hetero) is 2. The molecule has 0 saturated carbocycles. The fourth-order valence-corrected chi connectivity index (χ4v) is 2.30. The van der Waals surface area contributed by atoms with Gasteiger partial charge < -0.3 is 9.88 Å². The Hall–Kier alpha value is -2.43. The van der Waals surface area contributed by atoms with Gasteiger partial charge in [0, 0.05) is 35.8 Å². The summed E-state index contributed by atoms with van der Waals surface area (Å²) in [7, 11) is 0. The summed E-state index contributed by atoms with van der Waals surface area (Å²) < 4.78 is 0. The first-order valence-electron chi connectivity index (χ1n) is 6.95. The van der Waals surface area contributed by atoms with Crippen molar-refractivity contribution in [1.29, 1.82) is 0 Å². The van der Waals surface area contributed by atoms with Crippen LogP contribution in [0.1, 0.15) is 41.5 Å². The number of carbonyl (C=O) groups is 3. The van der Waals surface area contributed by atoms with Gasteiger partial charge in [0.15, 0.2) is 5.78 Å². The maximum atomic E-state index is 12.3. The molecule has 110 valence electrons. The fraction of sp³-hybridized carbons (Fsp3) is 0.312. The van der Waals surface area contributed by atoms with E-state index in [2.05, 4.69) is 4.98 Å². The first-order chi connectivity index (χ1) is 9.99. The van der Waals surface area contributed by atoms with Crippen molar-refractivity contribution in [1.82, 2.24) is 9.88 Å². The van der Waals surface area contributed by atoms with Crippen LogP contribution < -0.4 is 0 Å². The van der Waals surface area contributed by atoms with Gasteiger partial charge >= 0.3 is 0 Å². The summed E-state index contributed by atoms with van der Waals surface area (Å²) in [6.45, 7) is 6.15. The summed E-state index contributed by atoms with van der Waals surface area (Å²) in [5.41, 5.74) is 1.59. The quantitative estimate of drug-likeness (QED) is 0.678. The molecule has 0 aliphatic rings. The van der Waals surface area contributed by atoms with Gasteiger partial charge in [0.2, 0.25) is 0 Å². The average molecular weight is 286 g/mol. The minimum Gasteiger partial charge on any atom is -0.360 e. The van der Waals surface area contributed by atoms with Crippen LogP contribution in [0.4, 0.5) is 0 Å². The maximum absolute atomic E-state index is 12.3. The Morgan fingerprint density at radius 3 is 2.38 bits per heavy atom. The van der Waals surface area contributed by atoms with E-state index in [1.807, 2.05) is 13.8 Å². The van der Waals surface area contributed by atoms with Crippen LogP contribution in [-0.2, 0) is 4.79 Å². The number of aromatic nitrogens is 1. The fourth-order valence-electron chi connectivity index (χ4n) is 2.30. The number of carbonyl (C=O) groups excluding carboxylic acids is 3. The molecule has 5 heteroatoms. The zero-order valence-electron chi connectivity index (χ0n) is 12.4. The molecule has 5 nitrogen and oxygen atoms in total. The minimum absolute atomic E-state index is 0.0430. The monoisotopic (exact) mass is 286 g/mol. The highest BCUT2D eigenvalue weighted by Gasteiger charge is 2.23. The van der Waals surface area contributed by atoms with Crippen LogP contribution in [-0.4, -0.2) is 40.4 Å². The van der Waals surface area contributed by atoms with E-state index >= 15 is 0 Å². The number of ketones is 2. The van der Waals surface area contributed by atoms with Gasteiger partial charge in [-0.05, 0) is 26.8 Å². The maximum Gasteiger partial charge on any atom is 0.295 e. The first kappa shape index (κ1) is 15.0. The van der Waals surface area contributed by atoms with Crippen molar-refractivity contribution in [2.24, 2.45) is 0 Å². The van der Waals surface area contributed by atoms with Crippen molar-refractivity contribution in [2.75, 3.05) is 13.1 Å². The molecule has 1 amide bonds. The molecule has 0 fully saturated rings. The van der Waals surface area contributed by atoms with Crippen molar-refractivity contribution in [3.8, 4) is 0 Å². The molecule has 2 aromatic rings. The number of nitrogens with zero attached hydrogens (tertiary/aromatic N) is 1. The lowest BCUT2D eigenvalue weighted by Crippen LogP contribution is -2.36. The van der Waals surface area contributed by atoms with Crippen LogP contribution >= 0.6 is 0 Å². The molecular weight excluding hydrogens is 268 g/mol. The SMILES string of the molecule is CCN(CC)C(=O)C(=O)c1c[nH]c2cc(C(C)=O)ccc12. The molecule has 0 bridgehead atoms. The van der Waals surface area contributed by atoms with Crippen LogP contribution in [0.5, 0.6) is 0 Å². The Balaban J connectivity index is 2.41. The third-order valence-electron chi connectivity index (χ3n) is 3.58. The number of amides is 1. The molecule has 0 aliphatic heterocycles. The third kappa shape index (κ3) is 2.72. The highest BCUT2D eigenvalue weighted by molar-refractivity contribution is 6.44. The summed E-state index contributed by atoms with van der Waals surface area (Å²) in [6, 6.07) is 5.05. The Bertz CT molecular complexity index is 711. The van der Waals surface area contributed by atoms with E-state index in [-0.39, 0.29) is 5.78 Å². The second kappa shape index (κ2) is 5.91. The van der Waals surface area contributed by atoms with Crippen LogP contribution in [0.25, 0.3) is 10.9 Å². The van der Waals surface area contributed by atoms with E-state index in [0.29, 0.717) is 35.1 Å². The van der Waals surface area contributed by atoms with Crippen molar-refractivity contribution in [3.05, 3.63) is 35.5 Å². The van der Waals surface area contributed by atoms with E-state index in [9.17, 15) is 14.4 Å². The summed E-state index contributed by atoms with van der Waals surface area (Å²) in [6.07, 6.45) is 1.53. The number of aromatic amines is 1. The minimum atomic E-state index is -0.527. The Morgan fingerprint density at radius 2 is 1.81 bits per heavy atom. The van der Waals surface area contributed by atoms with Gasteiger partial charge in [-0.15, -0.1) is 0 Å². The van der Waals surface area contributed by atoms with Gasteiger partial charge in [-0.1, -0.05) is 12.1 Å². The van der Waals surface area contributed by atoms with E-state index < -0.39 is 11.7 Å². The highest BCUT2D eigenvalue weighted by atomic mass is 16.2. The van der Waals surface area contributed by atoms with Crippen molar-refractivity contribution >= 4 is 28.4 Å². The van der Waals surface area contributed by atoms with Crippen molar-refractivity contribution < 1.29 is 14.4 Å². The smallest absolute Gasteiger partial charge is 0.295 e. The molecule has 0 unspecified atom stereocenters. The molecule has 21 heavy (non-hydrogen) atoms. The van der Waals surface area contributed by atoms with Crippen LogP contribution in [0.15, 0.2) is 24.4 Å². The average Bonchev–Trinajstić information content (AvgIpc) is 2.90. The summed E-state index contributed by atoms with van der Waals surface area (Å²) in [5.74, 6) is -1.07. The standard InChI is InChI=1S/C16H18N2O3/c1-4-18(5-2)16(21)15(20)13-9-17-14-8-11(10(3)19)6-7-12(13)14/h6-9,17H,4-5H2,1-3H3. The van der Waals surface area contributed by atoms with Gasteiger partial charge in [-0.3, -0.25) is 14.4 Å². The molecule has 1 heterocycles. The number of benzene rings is 1. The van der Waals surface area contributed by atoms with Gasteiger partial charge in [-0.25, -0.2) is 0 Å². The predicted molar refractivity (Wildman–Crippen MR) is 80.6 cm³/mol. The molecule has 0 spiro atoms. The van der Waals surface area contributed by atoms with Crippen molar-refractivity contribution in [2.45, 2.75) is 20.8 Å². The Kier molecular flexibility index (Phi) is 4.21. The predicted octanol–water partition coefficient (Wildman–Crippen LogP) is 2.42. The topological polar surface area (TPSA) is 70.2 Å².